The molecule has 1 heterocycles. The van der Waals surface area contributed by atoms with Crippen LogP contribution >= 0.6 is 0 Å². The van der Waals surface area contributed by atoms with E-state index in [-0.39, 0.29) is 11.6 Å². The average molecular weight is 264 g/mol. The molecule has 0 fully saturated rings. The molecule has 100 valence electrons. The van der Waals surface area contributed by atoms with Gasteiger partial charge < -0.3 is 9.52 Å². The summed E-state index contributed by atoms with van der Waals surface area (Å²) < 4.78 is 6.00. The fraction of sp³-hybridized carbons (Fsp3) is 0.533. The Morgan fingerprint density at radius 2 is 2.06 bits per heavy atom. The third-order valence-electron chi connectivity index (χ3n) is 3.92. The van der Waals surface area contributed by atoms with Gasteiger partial charge in [-0.15, -0.1) is 5.73 Å². The number of rotatable bonds is 4. The largest absolute Gasteiger partial charge is 0.470 e. The van der Waals surface area contributed by atoms with Crippen LogP contribution in [0, 0.1) is 0 Å². The van der Waals surface area contributed by atoms with Crippen LogP contribution in [0.15, 0.2) is 28.9 Å². The fourth-order valence-corrected chi connectivity index (χ4v) is 3.77. The van der Waals surface area contributed by atoms with Gasteiger partial charge in [0, 0.05) is 12.0 Å². The standard InChI is InChI=1S/C15H24O2Si/c1-7-8-9-13-10-12(11-16)14(17-13)18(5,6)15(2,3)4/h8,10,16H,1,9,11H2,2-6H3. The second-order valence-electron chi connectivity index (χ2n) is 6.21. The number of hydrogen-bond acceptors (Lipinski definition) is 2. The smallest absolute Gasteiger partial charge is 0.132 e. The van der Waals surface area contributed by atoms with Gasteiger partial charge in [-0.05, 0) is 17.2 Å². The van der Waals surface area contributed by atoms with Crippen LogP contribution in [-0.2, 0) is 13.0 Å². The van der Waals surface area contributed by atoms with Gasteiger partial charge in [0.15, 0.2) is 0 Å². The van der Waals surface area contributed by atoms with Crippen LogP contribution in [0.2, 0.25) is 18.1 Å². The molecule has 1 N–H and O–H groups in total. The van der Waals surface area contributed by atoms with Crippen molar-refractivity contribution in [2.24, 2.45) is 0 Å². The van der Waals surface area contributed by atoms with Crippen LogP contribution in [0.1, 0.15) is 32.1 Å². The van der Waals surface area contributed by atoms with E-state index in [9.17, 15) is 5.11 Å². The second kappa shape index (κ2) is 5.31. The molecule has 0 aliphatic heterocycles. The molecule has 1 aromatic heterocycles. The van der Waals surface area contributed by atoms with Gasteiger partial charge in [-0.3, -0.25) is 0 Å². The molecular weight excluding hydrogens is 240 g/mol. The van der Waals surface area contributed by atoms with E-state index in [1.165, 1.54) is 0 Å². The van der Waals surface area contributed by atoms with Crippen LogP contribution in [0.25, 0.3) is 0 Å². The van der Waals surface area contributed by atoms with Crippen molar-refractivity contribution in [2.45, 2.75) is 51.9 Å². The van der Waals surface area contributed by atoms with E-state index in [4.69, 9.17) is 4.42 Å². The van der Waals surface area contributed by atoms with Gasteiger partial charge >= 0.3 is 0 Å². The normalized spacial score (nSPS) is 12.3. The Labute approximate surface area is 111 Å². The molecule has 0 atom stereocenters. The SMILES string of the molecule is C=C=CCc1cc(CO)c([Si](C)(C)C(C)(C)C)o1. The van der Waals surface area contributed by atoms with Crippen LogP contribution in [0.3, 0.4) is 0 Å². The highest BCUT2D eigenvalue weighted by Crippen LogP contribution is 2.36. The highest BCUT2D eigenvalue weighted by Gasteiger charge is 2.41. The molecule has 3 heteroatoms. The third kappa shape index (κ3) is 2.86. The molecule has 1 aromatic rings. The van der Waals surface area contributed by atoms with Crippen molar-refractivity contribution in [1.29, 1.82) is 0 Å². The predicted octanol–water partition coefficient (Wildman–Crippen LogP) is 3.37. The maximum Gasteiger partial charge on any atom is 0.132 e. The van der Waals surface area contributed by atoms with Gasteiger partial charge in [-0.25, -0.2) is 0 Å². The molecule has 0 radical (unpaired) electrons. The molecule has 0 saturated heterocycles. The van der Waals surface area contributed by atoms with Gasteiger partial charge in [-0.2, -0.15) is 0 Å². The zero-order valence-corrected chi connectivity index (χ0v) is 13.1. The predicted molar refractivity (Wildman–Crippen MR) is 78.9 cm³/mol. The van der Waals surface area contributed by atoms with Gasteiger partial charge in [0.25, 0.3) is 0 Å². The lowest BCUT2D eigenvalue weighted by Crippen LogP contribution is -2.50. The van der Waals surface area contributed by atoms with Gasteiger partial charge in [-0.1, -0.05) is 40.4 Å². The van der Waals surface area contributed by atoms with Crippen molar-refractivity contribution in [3.05, 3.63) is 35.8 Å². The summed E-state index contributed by atoms with van der Waals surface area (Å²) in [5.41, 5.74) is 3.68. The maximum atomic E-state index is 9.51. The van der Waals surface area contributed by atoms with Crippen LogP contribution < -0.4 is 5.38 Å². The fourth-order valence-electron chi connectivity index (χ4n) is 1.75. The lowest BCUT2D eigenvalue weighted by atomic mass is 10.2. The summed E-state index contributed by atoms with van der Waals surface area (Å²) >= 11 is 0. The minimum Gasteiger partial charge on any atom is -0.470 e. The molecule has 0 spiro atoms. The molecule has 0 saturated carbocycles. The van der Waals surface area contributed by atoms with Gasteiger partial charge in [0.1, 0.15) is 13.8 Å². The van der Waals surface area contributed by atoms with E-state index in [1.807, 2.05) is 12.1 Å². The number of furan rings is 1. The van der Waals surface area contributed by atoms with Crippen molar-refractivity contribution in [3.8, 4) is 0 Å². The molecule has 2 nitrogen and oxygen atoms in total. The molecule has 0 aliphatic carbocycles. The summed E-state index contributed by atoms with van der Waals surface area (Å²) in [4.78, 5) is 0. The van der Waals surface area contributed by atoms with E-state index in [1.54, 1.807) is 0 Å². The monoisotopic (exact) mass is 264 g/mol. The lowest BCUT2D eigenvalue weighted by molar-refractivity contribution is 0.282. The minimum atomic E-state index is -1.74. The summed E-state index contributed by atoms with van der Waals surface area (Å²) in [6.07, 6.45) is 2.53. The average Bonchev–Trinajstić information content (AvgIpc) is 2.68. The Morgan fingerprint density at radius 1 is 1.44 bits per heavy atom. The van der Waals surface area contributed by atoms with Crippen molar-refractivity contribution < 1.29 is 9.52 Å². The summed E-state index contributed by atoms with van der Waals surface area (Å²) in [6, 6.07) is 1.96. The molecule has 1 rings (SSSR count). The number of allylic oxidation sites excluding steroid dienone is 1. The van der Waals surface area contributed by atoms with Crippen LogP contribution in [0.5, 0.6) is 0 Å². The first kappa shape index (κ1) is 15.0. The van der Waals surface area contributed by atoms with E-state index < -0.39 is 8.07 Å². The number of aliphatic hydroxyl groups is 1. The van der Waals surface area contributed by atoms with Crippen molar-refractivity contribution in [1.82, 2.24) is 0 Å². The zero-order valence-electron chi connectivity index (χ0n) is 12.1. The Bertz CT molecular complexity index is 457. The first-order chi connectivity index (χ1) is 8.24. The van der Waals surface area contributed by atoms with Crippen molar-refractivity contribution >= 4 is 13.5 Å². The zero-order chi connectivity index (χ0) is 14.0. The Balaban J connectivity index is 3.23. The highest BCUT2D eigenvalue weighted by atomic mass is 28.3. The number of hydrogen-bond donors (Lipinski definition) is 1. The minimum absolute atomic E-state index is 0.0448. The summed E-state index contributed by atoms with van der Waals surface area (Å²) in [6.45, 7) is 14.9. The molecule has 0 unspecified atom stereocenters. The van der Waals surface area contributed by atoms with Crippen LogP contribution in [-0.4, -0.2) is 13.2 Å². The molecule has 18 heavy (non-hydrogen) atoms. The highest BCUT2D eigenvalue weighted by molar-refractivity contribution is 6.91. The summed E-state index contributed by atoms with van der Waals surface area (Å²) in [7, 11) is -1.74. The molecular formula is C15H24O2Si. The van der Waals surface area contributed by atoms with Gasteiger partial charge in [0.2, 0.25) is 0 Å². The molecule has 0 amide bonds. The van der Waals surface area contributed by atoms with Crippen molar-refractivity contribution in [3.63, 3.8) is 0 Å². The Morgan fingerprint density at radius 3 is 2.50 bits per heavy atom. The van der Waals surface area contributed by atoms with Gasteiger partial charge in [0.05, 0.1) is 12.0 Å². The van der Waals surface area contributed by atoms with Crippen molar-refractivity contribution in [2.75, 3.05) is 0 Å². The van der Waals surface area contributed by atoms with Crippen LogP contribution in [0.4, 0.5) is 0 Å². The van der Waals surface area contributed by atoms with E-state index in [0.29, 0.717) is 6.42 Å². The third-order valence-corrected chi connectivity index (χ3v) is 9.23. The molecule has 0 bridgehead atoms. The summed E-state index contributed by atoms with van der Waals surface area (Å²) in [5, 5.41) is 10.7. The quantitative estimate of drug-likeness (QED) is 0.668. The first-order valence-electron chi connectivity index (χ1n) is 6.31. The van der Waals surface area contributed by atoms with E-state index in [0.717, 1.165) is 16.7 Å². The number of aliphatic hydroxyl groups excluding tert-OH is 1. The first-order valence-corrected chi connectivity index (χ1v) is 9.31. The molecule has 0 aromatic carbocycles. The maximum absolute atomic E-state index is 9.51. The molecule has 0 aliphatic rings. The Hall–Kier alpha value is -1.02. The second-order valence-corrected chi connectivity index (χ2v) is 11.4. The topological polar surface area (TPSA) is 33.4 Å². The van der Waals surface area contributed by atoms with E-state index >= 15 is 0 Å². The lowest BCUT2D eigenvalue weighted by Gasteiger charge is -2.35. The Kier molecular flexibility index (Phi) is 4.44. The summed E-state index contributed by atoms with van der Waals surface area (Å²) in [5.74, 6) is 0.884. The van der Waals surface area contributed by atoms with E-state index in [2.05, 4.69) is 46.2 Å².